The van der Waals surface area contributed by atoms with Crippen LogP contribution in [-0.2, 0) is 20.5 Å². The van der Waals surface area contributed by atoms with Gasteiger partial charge in [-0.1, -0.05) is 6.42 Å². The fraction of sp³-hybridized carbons (Fsp3) is 0.579. The molecule has 0 spiro atoms. The number of nitrogens with one attached hydrogen (secondary N) is 2. The number of alkyl halides is 3. The highest BCUT2D eigenvalue weighted by atomic mass is 19.4. The van der Waals surface area contributed by atoms with Crippen LogP contribution in [0.25, 0.3) is 0 Å². The highest BCUT2D eigenvalue weighted by Crippen LogP contribution is 2.38. The number of nitrogens with two attached hydrogens (primary N) is 1. The highest BCUT2D eigenvalue weighted by Gasteiger charge is 2.37. The summed E-state index contributed by atoms with van der Waals surface area (Å²) in [6, 6.07) is 2.70. The molecule has 1 atom stereocenters. The summed E-state index contributed by atoms with van der Waals surface area (Å²) in [5.41, 5.74) is 4.41. The Morgan fingerprint density at radius 3 is 2.69 bits per heavy atom. The molecule has 1 saturated heterocycles. The quantitative estimate of drug-likeness (QED) is 0.632. The lowest BCUT2D eigenvalue weighted by Gasteiger charge is -2.29. The van der Waals surface area contributed by atoms with Crippen LogP contribution in [0.15, 0.2) is 18.2 Å². The minimum Gasteiger partial charge on any atom is -0.370 e. The molecule has 1 aromatic rings. The lowest BCUT2D eigenvalue weighted by atomic mass is 9.85. The van der Waals surface area contributed by atoms with Crippen LogP contribution in [0.2, 0.25) is 0 Å². The SMILES string of the molecule is NC[C@@H](NCC1CCC1)C(=O)Nc1ccc(N2CCOCC2=O)c(C(F)(F)F)c1. The van der Waals surface area contributed by atoms with E-state index in [0.29, 0.717) is 12.5 Å². The van der Waals surface area contributed by atoms with E-state index in [2.05, 4.69) is 10.6 Å². The van der Waals surface area contributed by atoms with Gasteiger partial charge in [-0.25, -0.2) is 0 Å². The number of anilines is 2. The molecule has 160 valence electrons. The van der Waals surface area contributed by atoms with Crippen LogP contribution in [-0.4, -0.2) is 50.7 Å². The molecule has 29 heavy (non-hydrogen) atoms. The van der Waals surface area contributed by atoms with Crippen molar-refractivity contribution in [1.82, 2.24) is 5.32 Å². The normalized spacial score (nSPS) is 19.0. The van der Waals surface area contributed by atoms with Gasteiger partial charge in [0.25, 0.3) is 5.91 Å². The first-order chi connectivity index (χ1) is 13.8. The van der Waals surface area contributed by atoms with Gasteiger partial charge in [0.05, 0.1) is 23.9 Å². The second kappa shape index (κ2) is 9.10. The summed E-state index contributed by atoms with van der Waals surface area (Å²) in [6.45, 7) is 0.618. The van der Waals surface area contributed by atoms with E-state index in [-0.39, 0.29) is 37.7 Å². The number of ether oxygens (including phenoxy) is 1. The zero-order valence-electron chi connectivity index (χ0n) is 15.9. The Hall–Kier alpha value is -2.17. The van der Waals surface area contributed by atoms with Crippen LogP contribution in [0.3, 0.4) is 0 Å². The van der Waals surface area contributed by atoms with Crippen molar-refractivity contribution in [2.75, 3.05) is 43.1 Å². The van der Waals surface area contributed by atoms with Crippen molar-refractivity contribution in [1.29, 1.82) is 0 Å². The number of halogens is 3. The molecule has 2 aliphatic rings. The van der Waals surface area contributed by atoms with Gasteiger partial charge in [0.2, 0.25) is 5.91 Å². The summed E-state index contributed by atoms with van der Waals surface area (Å²) in [5, 5.41) is 5.58. The number of amides is 2. The summed E-state index contributed by atoms with van der Waals surface area (Å²) in [4.78, 5) is 25.5. The third kappa shape index (κ3) is 5.26. The number of hydrogen-bond acceptors (Lipinski definition) is 5. The Balaban J connectivity index is 1.75. The van der Waals surface area contributed by atoms with Crippen molar-refractivity contribution in [2.45, 2.75) is 31.5 Å². The minimum absolute atomic E-state index is 0.00400. The van der Waals surface area contributed by atoms with Gasteiger partial charge >= 0.3 is 6.18 Å². The van der Waals surface area contributed by atoms with Crippen LogP contribution in [0.5, 0.6) is 0 Å². The molecule has 4 N–H and O–H groups in total. The van der Waals surface area contributed by atoms with Gasteiger partial charge in [0, 0.05) is 18.8 Å². The van der Waals surface area contributed by atoms with Gasteiger partial charge in [0.15, 0.2) is 0 Å². The standard InChI is InChI=1S/C19H25F3N4O3/c20-19(21,22)14-8-13(4-5-16(14)26-6-7-29-11-17(26)27)25-18(28)15(9-23)24-10-12-2-1-3-12/h4-5,8,12,15,24H,1-3,6-7,9-11,23H2,(H,25,28)/t15-/m1/s1. The van der Waals surface area contributed by atoms with Crippen molar-refractivity contribution < 1.29 is 27.5 Å². The molecule has 7 nitrogen and oxygen atoms in total. The van der Waals surface area contributed by atoms with Gasteiger partial charge in [0.1, 0.15) is 6.61 Å². The van der Waals surface area contributed by atoms with E-state index in [1.54, 1.807) is 0 Å². The number of nitrogens with zero attached hydrogens (tertiary/aromatic N) is 1. The zero-order valence-corrected chi connectivity index (χ0v) is 15.9. The van der Waals surface area contributed by atoms with E-state index in [1.807, 2.05) is 0 Å². The van der Waals surface area contributed by atoms with Crippen LogP contribution >= 0.6 is 0 Å². The first-order valence-electron chi connectivity index (χ1n) is 9.63. The van der Waals surface area contributed by atoms with Crippen LogP contribution in [0.1, 0.15) is 24.8 Å². The summed E-state index contributed by atoms with van der Waals surface area (Å²) in [6.07, 6.45) is -1.32. The van der Waals surface area contributed by atoms with Crippen molar-refractivity contribution in [3.05, 3.63) is 23.8 Å². The molecular formula is C19H25F3N4O3. The zero-order chi connectivity index (χ0) is 21.0. The second-order valence-electron chi connectivity index (χ2n) is 7.31. The molecule has 2 amide bonds. The molecule has 0 radical (unpaired) electrons. The third-order valence-electron chi connectivity index (χ3n) is 5.28. The van der Waals surface area contributed by atoms with Crippen molar-refractivity contribution in [3.8, 4) is 0 Å². The van der Waals surface area contributed by atoms with E-state index in [4.69, 9.17) is 10.5 Å². The highest BCUT2D eigenvalue weighted by molar-refractivity contribution is 5.98. The molecule has 3 rings (SSSR count). The average molecular weight is 414 g/mol. The second-order valence-corrected chi connectivity index (χ2v) is 7.31. The van der Waals surface area contributed by atoms with Gasteiger partial charge in [-0.05, 0) is 43.5 Å². The molecular weight excluding hydrogens is 389 g/mol. The molecule has 1 aromatic carbocycles. The number of hydrogen-bond donors (Lipinski definition) is 3. The average Bonchev–Trinajstić information content (AvgIpc) is 2.63. The molecule has 1 saturated carbocycles. The molecule has 1 aliphatic heterocycles. The van der Waals surface area contributed by atoms with Crippen molar-refractivity contribution in [3.63, 3.8) is 0 Å². The first-order valence-corrected chi connectivity index (χ1v) is 9.63. The van der Waals surface area contributed by atoms with Crippen LogP contribution in [0.4, 0.5) is 24.5 Å². The van der Waals surface area contributed by atoms with E-state index in [0.717, 1.165) is 23.8 Å². The maximum atomic E-state index is 13.6. The lowest BCUT2D eigenvalue weighted by molar-refractivity contribution is -0.137. The predicted octanol–water partition coefficient (Wildman–Crippen LogP) is 1.72. The maximum Gasteiger partial charge on any atom is 0.418 e. The number of morpholine rings is 1. The van der Waals surface area contributed by atoms with Crippen molar-refractivity contribution in [2.24, 2.45) is 11.7 Å². The van der Waals surface area contributed by atoms with E-state index in [9.17, 15) is 22.8 Å². The Kier molecular flexibility index (Phi) is 6.76. The minimum atomic E-state index is -4.69. The molecule has 2 fully saturated rings. The number of benzene rings is 1. The van der Waals surface area contributed by atoms with E-state index in [1.165, 1.54) is 18.6 Å². The first kappa shape index (κ1) is 21.5. The fourth-order valence-electron chi connectivity index (χ4n) is 3.37. The monoisotopic (exact) mass is 414 g/mol. The van der Waals surface area contributed by atoms with Crippen molar-refractivity contribution >= 4 is 23.2 Å². The predicted molar refractivity (Wildman–Crippen MR) is 101 cm³/mol. The molecule has 0 aromatic heterocycles. The largest absolute Gasteiger partial charge is 0.418 e. The van der Waals surface area contributed by atoms with E-state index < -0.39 is 29.6 Å². The molecule has 0 unspecified atom stereocenters. The summed E-state index contributed by atoms with van der Waals surface area (Å²) in [5.74, 6) is -0.518. The summed E-state index contributed by atoms with van der Waals surface area (Å²) >= 11 is 0. The lowest BCUT2D eigenvalue weighted by Crippen LogP contribution is -2.48. The van der Waals surface area contributed by atoms with Crippen LogP contribution in [0, 0.1) is 5.92 Å². The van der Waals surface area contributed by atoms with Gasteiger partial charge in [-0.15, -0.1) is 0 Å². The number of carbonyl (C=O) groups excluding carboxylic acids is 2. The Morgan fingerprint density at radius 2 is 2.10 bits per heavy atom. The Morgan fingerprint density at radius 1 is 1.34 bits per heavy atom. The molecule has 10 heteroatoms. The summed E-state index contributed by atoms with van der Waals surface area (Å²) in [7, 11) is 0. The molecule has 1 heterocycles. The Labute approximate surface area is 166 Å². The topological polar surface area (TPSA) is 96.7 Å². The van der Waals surface area contributed by atoms with Gasteiger partial charge in [-0.2, -0.15) is 13.2 Å². The number of rotatable bonds is 7. The maximum absolute atomic E-state index is 13.6. The van der Waals surface area contributed by atoms with Gasteiger partial charge < -0.3 is 26.0 Å². The summed E-state index contributed by atoms with van der Waals surface area (Å²) < 4.78 is 45.8. The molecule has 0 bridgehead atoms. The number of carbonyl (C=O) groups is 2. The van der Waals surface area contributed by atoms with Gasteiger partial charge in [-0.3, -0.25) is 9.59 Å². The fourth-order valence-corrected chi connectivity index (χ4v) is 3.37. The van der Waals surface area contributed by atoms with E-state index >= 15 is 0 Å². The Bertz CT molecular complexity index is 753. The third-order valence-corrected chi connectivity index (χ3v) is 5.28. The smallest absolute Gasteiger partial charge is 0.370 e. The molecule has 1 aliphatic carbocycles. The van der Waals surface area contributed by atoms with Crippen LogP contribution < -0.4 is 21.3 Å².